The van der Waals surface area contributed by atoms with Crippen molar-refractivity contribution in [2.75, 3.05) is 4.90 Å². The van der Waals surface area contributed by atoms with E-state index in [9.17, 15) is 0 Å². The first-order chi connectivity index (χ1) is 22.8. The molecule has 0 N–H and O–H groups in total. The smallest absolute Gasteiger partial charge is 0.189 e. The molecule has 0 atom stereocenters. The van der Waals surface area contributed by atoms with Crippen molar-refractivity contribution in [2.24, 2.45) is 0 Å². The fraction of sp³-hybridized carbons (Fsp3) is 0. The zero-order valence-corrected chi connectivity index (χ0v) is 25.9. The average Bonchev–Trinajstić information content (AvgIpc) is 3.41. The summed E-state index contributed by atoms with van der Waals surface area (Å²) in [6.45, 7) is 0. The molecule has 0 radical (unpaired) electrons. The minimum absolute atomic E-state index is 0.854. The summed E-state index contributed by atoms with van der Waals surface area (Å²) < 4.78 is 12.9. The monoisotopic (exact) mass is 605 g/mol. The molecule has 0 aliphatic carbocycles. The zero-order valence-electron chi connectivity index (χ0n) is 24.9. The van der Waals surface area contributed by atoms with Crippen LogP contribution < -0.4 is 35.1 Å². The summed E-state index contributed by atoms with van der Waals surface area (Å²) in [6, 6.07) is 58.8. The number of anilines is 3. The highest BCUT2D eigenvalue weighted by molar-refractivity contribution is 7.23. The fourth-order valence-corrected chi connectivity index (χ4v) is 13.2. The molecule has 0 aromatic heterocycles. The molecule has 0 fully saturated rings. The molecule has 0 saturated heterocycles. The summed E-state index contributed by atoms with van der Waals surface area (Å²) >= 11 is 0. The molecule has 4 heteroatoms. The second-order valence-corrected chi connectivity index (χ2v) is 15.7. The van der Waals surface area contributed by atoms with E-state index in [1.807, 2.05) is 24.3 Å². The summed E-state index contributed by atoms with van der Waals surface area (Å²) in [5.74, 6) is 3.63. The van der Waals surface area contributed by atoms with E-state index in [4.69, 9.17) is 9.47 Å². The lowest BCUT2D eigenvalue weighted by atomic mass is 10.0. The van der Waals surface area contributed by atoms with Crippen molar-refractivity contribution in [1.82, 2.24) is 0 Å². The molecule has 3 aliphatic rings. The quantitative estimate of drug-likeness (QED) is 0.185. The number of rotatable bonds is 2. The topological polar surface area (TPSA) is 21.7 Å². The maximum atomic E-state index is 6.67. The number of para-hydroxylation sites is 5. The van der Waals surface area contributed by atoms with Crippen LogP contribution in [-0.4, -0.2) is 8.07 Å². The van der Waals surface area contributed by atoms with Crippen LogP contribution in [0.5, 0.6) is 23.0 Å². The average molecular weight is 606 g/mol. The van der Waals surface area contributed by atoms with Crippen LogP contribution in [0.4, 0.5) is 17.1 Å². The number of ether oxygens (including phenoxy) is 2. The molecule has 46 heavy (non-hydrogen) atoms. The van der Waals surface area contributed by atoms with Crippen molar-refractivity contribution < 1.29 is 9.47 Å². The van der Waals surface area contributed by atoms with Gasteiger partial charge in [0.1, 0.15) is 11.5 Å². The van der Waals surface area contributed by atoms with E-state index in [0.717, 1.165) is 40.1 Å². The molecule has 7 aromatic rings. The van der Waals surface area contributed by atoms with Gasteiger partial charge in [-0.05, 0) is 91.5 Å². The molecule has 216 valence electrons. The summed E-state index contributed by atoms with van der Waals surface area (Å²) in [5.41, 5.74) is 8.19. The van der Waals surface area contributed by atoms with Crippen molar-refractivity contribution >= 4 is 45.9 Å². The summed E-state index contributed by atoms with van der Waals surface area (Å²) in [5, 5.41) is 5.49. The van der Waals surface area contributed by atoms with Gasteiger partial charge in [-0.3, -0.25) is 0 Å². The third-order valence-corrected chi connectivity index (χ3v) is 14.6. The summed E-state index contributed by atoms with van der Waals surface area (Å²) in [4.78, 5) is 2.28. The predicted octanol–water partition coefficient (Wildman–Crippen LogP) is 8.39. The van der Waals surface area contributed by atoms with Gasteiger partial charge < -0.3 is 14.4 Å². The molecule has 0 bridgehead atoms. The molecule has 7 aromatic carbocycles. The largest absolute Gasteiger partial charge is 0.458 e. The normalized spacial score (nSPS) is 14.1. The maximum absolute atomic E-state index is 6.67. The Morgan fingerprint density at radius 3 is 1.50 bits per heavy atom. The number of nitrogens with zero attached hydrogens (tertiary/aromatic N) is 1. The summed E-state index contributed by atoms with van der Waals surface area (Å²) in [7, 11) is -2.63. The first-order valence-electron chi connectivity index (χ1n) is 15.7. The maximum Gasteiger partial charge on any atom is 0.189 e. The zero-order chi connectivity index (χ0) is 30.2. The van der Waals surface area contributed by atoms with Crippen molar-refractivity contribution in [3.8, 4) is 45.3 Å². The van der Waals surface area contributed by atoms with E-state index in [0.29, 0.717) is 0 Å². The van der Waals surface area contributed by atoms with Gasteiger partial charge in [-0.2, -0.15) is 0 Å². The van der Waals surface area contributed by atoms with Gasteiger partial charge in [0, 0.05) is 5.69 Å². The SMILES string of the molecule is c1ccc2c(c1)Oc1ccccc1N2c1ccc(-c2ccc3c(c2)[Si]2(c4ccccc4O3)c3ccccc3-c3ccccc32)cc1. The third-order valence-electron chi connectivity index (χ3n) is 9.74. The molecule has 0 unspecified atom stereocenters. The van der Waals surface area contributed by atoms with E-state index in [1.54, 1.807) is 0 Å². The fourth-order valence-electron chi connectivity index (χ4n) is 7.82. The minimum Gasteiger partial charge on any atom is -0.458 e. The van der Waals surface area contributed by atoms with Gasteiger partial charge >= 0.3 is 0 Å². The van der Waals surface area contributed by atoms with Crippen molar-refractivity contribution in [1.29, 1.82) is 0 Å². The lowest BCUT2D eigenvalue weighted by molar-refractivity contribution is 0.477. The van der Waals surface area contributed by atoms with Crippen LogP contribution in [0.15, 0.2) is 164 Å². The Morgan fingerprint density at radius 2 is 0.848 bits per heavy atom. The highest BCUT2D eigenvalue weighted by Gasteiger charge is 2.53. The Labute approximate surface area is 268 Å². The lowest BCUT2D eigenvalue weighted by Gasteiger charge is -2.37. The van der Waals surface area contributed by atoms with Gasteiger partial charge in [0.15, 0.2) is 19.6 Å². The molecule has 3 heterocycles. The van der Waals surface area contributed by atoms with Crippen LogP contribution in [0.2, 0.25) is 0 Å². The third kappa shape index (κ3) is 3.42. The Balaban J connectivity index is 1.14. The van der Waals surface area contributed by atoms with Crippen LogP contribution in [-0.2, 0) is 0 Å². The molecular formula is C42H27NO2Si. The number of benzene rings is 7. The number of hydrogen-bond acceptors (Lipinski definition) is 3. The summed E-state index contributed by atoms with van der Waals surface area (Å²) in [6.07, 6.45) is 0. The molecule has 3 aliphatic heterocycles. The van der Waals surface area contributed by atoms with E-state index in [1.165, 1.54) is 43.0 Å². The Bertz CT molecular complexity index is 2250. The van der Waals surface area contributed by atoms with Gasteiger partial charge in [-0.25, -0.2) is 0 Å². The van der Waals surface area contributed by atoms with E-state index < -0.39 is 8.07 Å². The molecule has 3 nitrogen and oxygen atoms in total. The second kappa shape index (κ2) is 9.58. The Kier molecular flexibility index (Phi) is 5.30. The van der Waals surface area contributed by atoms with Crippen molar-refractivity contribution in [3.05, 3.63) is 164 Å². The van der Waals surface area contributed by atoms with E-state index in [2.05, 4.69) is 144 Å². The molecule has 0 amide bonds. The van der Waals surface area contributed by atoms with E-state index >= 15 is 0 Å². The predicted molar refractivity (Wildman–Crippen MR) is 189 cm³/mol. The molecular weight excluding hydrogens is 579 g/mol. The highest BCUT2D eigenvalue weighted by Crippen LogP contribution is 2.50. The molecule has 1 spiro atoms. The van der Waals surface area contributed by atoms with Gasteiger partial charge in [-0.1, -0.05) is 115 Å². The molecule has 10 rings (SSSR count). The van der Waals surface area contributed by atoms with Gasteiger partial charge in [0.2, 0.25) is 0 Å². The van der Waals surface area contributed by atoms with Crippen LogP contribution >= 0.6 is 0 Å². The van der Waals surface area contributed by atoms with Crippen LogP contribution in [0.3, 0.4) is 0 Å². The minimum atomic E-state index is -2.63. The first-order valence-corrected chi connectivity index (χ1v) is 17.7. The Hall–Kier alpha value is -5.84. The number of hydrogen-bond donors (Lipinski definition) is 0. The van der Waals surface area contributed by atoms with Crippen LogP contribution in [0.25, 0.3) is 22.3 Å². The van der Waals surface area contributed by atoms with Gasteiger partial charge in [-0.15, -0.1) is 0 Å². The van der Waals surface area contributed by atoms with Crippen LogP contribution in [0.1, 0.15) is 0 Å². The van der Waals surface area contributed by atoms with Crippen molar-refractivity contribution in [2.45, 2.75) is 0 Å². The lowest BCUT2D eigenvalue weighted by Crippen LogP contribution is -2.74. The molecule has 0 saturated carbocycles. The van der Waals surface area contributed by atoms with Crippen molar-refractivity contribution in [3.63, 3.8) is 0 Å². The van der Waals surface area contributed by atoms with E-state index in [-0.39, 0.29) is 0 Å². The highest BCUT2D eigenvalue weighted by atomic mass is 28.3. The number of fused-ring (bicyclic) bond motifs is 11. The first kappa shape index (κ1) is 25.5. The van der Waals surface area contributed by atoms with Gasteiger partial charge in [0.25, 0.3) is 0 Å². The second-order valence-electron chi connectivity index (χ2n) is 12.1. The van der Waals surface area contributed by atoms with Gasteiger partial charge in [0.05, 0.1) is 11.4 Å². The Morgan fingerprint density at radius 1 is 0.370 bits per heavy atom. The standard InChI is InChI=1S/C42H27NO2Si/c1-8-18-39-31(11-1)32-12-2-9-19-40(32)46(39)41-20-10-7-17-37(41)45-38-26-23-29(27-42(38)46)28-21-24-30(25-22-28)43-33-13-3-5-15-35(33)44-36-16-6-4-14-34(36)43/h1-27H. The van der Waals surface area contributed by atoms with Crippen LogP contribution in [0, 0.1) is 0 Å².